The van der Waals surface area contributed by atoms with Gasteiger partial charge in [-0.15, -0.1) is 11.3 Å². The second-order valence-electron chi connectivity index (χ2n) is 4.90. The van der Waals surface area contributed by atoms with Crippen LogP contribution in [0.2, 0.25) is 0 Å². The Labute approximate surface area is 122 Å². The van der Waals surface area contributed by atoms with Crippen LogP contribution in [0, 0.1) is 5.92 Å². The second-order valence-corrected chi connectivity index (χ2v) is 7.40. The number of halogens is 1. The molecule has 0 spiro atoms. The molecule has 1 heterocycles. The summed E-state index contributed by atoms with van der Waals surface area (Å²) in [4.78, 5) is 1.45. The van der Waals surface area contributed by atoms with Gasteiger partial charge in [-0.1, -0.05) is 6.92 Å². The van der Waals surface area contributed by atoms with E-state index in [0.29, 0.717) is 12.1 Å². The molecular formula is C14H22BrNOS. The Morgan fingerprint density at radius 3 is 2.78 bits per heavy atom. The molecule has 1 aromatic rings. The summed E-state index contributed by atoms with van der Waals surface area (Å²) in [5, 5.41) is 3.61. The number of nitrogens with one attached hydrogen (secondary N) is 1. The molecule has 102 valence electrons. The third-order valence-electron chi connectivity index (χ3n) is 3.55. The van der Waals surface area contributed by atoms with E-state index in [9.17, 15) is 0 Å². The zero-order chi connectivity index (χ0) is 13.0. The summed E-state index contributed by atoms with van der Waals surface area (Å²) in [5.74, 6) is 0.825. The van der Waals surface area contributed by atoms with Gasteiger partial charge in [0.25, 0.3) is 0 Å². The lowest BCUT2D eigenvalue weighted by atomic mass is 9.78. The van der Waals surface area contributed by atoms with Crippen molar-refractivity contribution >= 4 is 27.3 Å². The first-order valence-corrected chi connectivity index (χ1v) is 8.44. The van der Waals surface area contributed by atoms with Gasteiger partial charge in [0.1, 0.15) is 0 Å². The monoisotopic (exact) mass is 331 g/mol. The number of ether oxygens (including phenoxy) is 1. The minimum Gasteiger partial charge on any atom is -0.378 e. The summed E-state index contributed by atoms with van der Waals surface area (Å²) < 4.78 is 6.86. The zero-order valence-corrected chi connectivity index (χ0v) is 13.5. The third-order valence-corrected chi connectivity index (χ3v) is 5.29. The van der Waals surface area contributed by atoms with E-state index >= 15 is 0 Å². The Hall–Kier alpha value is 0.1000. The molecule has 1 atom stereocenters. The Morgan fingerprint density at radius 2 is 2.22 bits per heavy atom. The lowest BCUT2D eigenvalue weighted by molar-refractivity contribution is -0.0290. The van der Waals surface area contributed by atoms with Crippen LogP contribution in [-0.2, 0) is 4.74 Å². The van der Waals surface area contributed by atoms with E-state index in [2.05, 4.69) is 47.2 Å². The van der Waals surface area contributed by atoms with Crippen LogP contribution in [0.4, 0.5) is 0 Å². The predicted molar refractivity (Wildman–Crippen MR) is 81.2 cm³/mol. The summed E-state index contributed by atoms with van der Waals surface area (Å²) in [7, 11) is 0. The molecular weight excluding hydrogens is 310 g/mol. The van der Waals surface area contributed by atoms with Gasteiger partial charge in [-0.25, -0.2) is 0 Å². The van der Waals surface area contributed by atoms with Gasteiger partial charge in [0.2, 0.25) is 0 Å². The highest BCUT2D eigenvalue weighted by Gasteiger charge is 2.31. The van der Waals surface area contributed by atoms with Crippen LogP contribution >= 0.6 is 27.3 Å². The van der Waals surface area contributed by atoms with Crippen LogP contribution in [0.3, 0.4) is 0 Å². The largest absolute Gasteiger partial charge is 0.378 e. The lowest BCUT2D eigenvalue weighted by Gasteiger charge is -2.37. The topological polar surface area (TPSA) is 21.3 Å². The Morgan fingerprint density at radius 1 is 1.44 bits per heavy atom. The molecule has 0 radical (unpaired) electrons. The van der Waals surface area contributed by atoms with Gasteiger partial charge in [0, 0.05) is 17.5 Å². The van der Waals surface area contributed by atoms with Crippen molar-refractivity contribution in [3.63, 3.8) is 0 Å². The van der Waals surface area contributed by atoms with Crippen molar-refractivity contribution in [3.8, 4) is 0 Å². The molecule has 1 aliphatic carbocycles. The van der Waals surface area contributed by atoms with E-state index in [4.69, 9.17) is 4.74 Å². The number of hydrogen-bond acceptors (Lipinski definition) is 3. The van der Waals surface area contributed by atoms with Gasteiger partial charge in [0.05, 0.1) is 9.89 Å². The van der Waals surface area contributed by atoms with Crippen LogP contribution in [0.5, 0.6) is 0 Å². The van der Waals surface area contributed by atoms with Crippen molar-refractivity contribution < 1.29 is 4.74 Å². The molecule has 1 aliphatic rings. The van der Waals surface area contributed by atoms with E-state index in [1.807, 2.05) is 11.3 Å². The maximum atomic E-state index is 5.63. The summed E-state index contributed by atoms with van der Waals surface area (Å²) >= 11 is 5.40. The standard InChI is InChI=1S/C14H22BrNOS/c1-3-16-12(13-5-6-14(15)18-13)9-10-7-11(8-10)17-4-2/h5-6,10-12,16H,3-4,7-9H2,1-2H3. The first-order chi connectivity index (χ1) is 8.72. The van der Waals surface area contributed by atoms with Crippen molar-refractivity contribution in [1.29, 1.82) is 0 Å². The highest BCUT2D eigenvalue weighted by atomic mass is 79.9. The molecule has 1 saturated carbocycles. The summed E-state index contributed by atoms with van der Waals surface area (Å²) in [6.45, 7) is 6.14. The van der Waals surface area contributed by atoms with E-state index in [0.717, 1.165) is 19.1 Å². The molecule has 4 heteroatoms. The van der Waals surface area contributed by atoms with Gasteiger partial charge >= 0.3 is 0 Å². The first kappa shape index (κ1) is 14.5. The Bertz CT molecular complexity index is 362. The van der Waals surface area contributed by atoms with E-state index in [1.54, 1.807) is 0 Å². The van der Waals surface area contributed by atoms with E-state index < -0.39 is 0 Å². The number of hydrogen-bond donors (Lipinski definition) is 1. The van der Waals surface area contributed by atoms with Crippen LogP contribution in [0.15, 0.2) is 15.9 Å². The van der Waals surface area contributed by atoms with Crippen molar-refractivity contribution in [3.05, 3.63) is 20.8 Å². The quantitative estimate of drug-likeness (QED) is 0.801. The Balaban J connectivity index is 1.84. The van der Waals surface area contributed by atoms with Crippen molar-refractivity contribution in [2.75, 3.05) is 13.2 Å². The predicted octanol–water partition coefficient (Wildman–Crippen LogP) is 4.37. The molecule has 0 amide bonds. The molecule has 1 N–H and O–H groups in total. The first-order valence-electron chi connectivity index (χ1n) is 6.83. The van der Waals surface area contributed by atoms with Crippen LogP contribution in [0.25, 0.3) is 0 Å². The normalized spacial score (nSPS) is 24.8. The van der Waals surface area contributed by atoms with Gasteiger partial charge in [-0.05, 0) is 66.7 Å². The molecule has 0 saturated heterocycles. The highest BCUT2D eigenvalue weighted by Crippen LogP contribution is 2.38. The molecule has 0 aromatic carbocycles. The van der Waals surface area contributed by atoms with Gasteiger partial charge in [-0.3, -0.25) is 0 Å². The fourth-order valence-electron chi connectivity index (χ4n) is 2.63. The van der Waals surface area contributed by atoms with Gasteiger partial charge in [0.15, 0.2) is 0 Å². The maximum absolute atomic E-state index is 5.63. The molecule has 0 aliphatic heterocycles. The molecule has 1 unspecified atom stereocenters. The van der Waals surface area contributed by atoms with Crippen molar-refractivity contribution in [1.82, 2.24) is 5.32 Å². The van der Waals surface area contributed by atoms with Crippen LogP contribution < -0.4 is 5.32 Å². The highest BCUT2D eigenvalue weighted by molar-refractivity contribution is 9.11. The SMILES string of the molecule is CCNC(CC1CC(OCC)C1)c1ccc(Br)s1. The molecule has 18 heavy (non-hydrogen) atoms. The van der Waals surface area contributed by atoms with E-state index in [1.165, 1.54) is 27.9 Å². The van der Waals surface area contributed by atoms with Crippen LogP contribution in [-0.4, -0.2) is 19.3 Å². The summed E-state index contributed by atoms with van der Waals surface area (Å²) in [6, 6.07) is 4.90. The van der Waals surface area contributed by atoms with Gasteiger partial charge < -0.3 is 10.1 Å². The van der Waals surface area contributed by atoms with Gasteiger partial charge in [-0.2, -0.15) is 0 Å². The summed E-state index contributed by atoms with van der Waals surface area (Å²) in [5.41, 5.74) is 0. The lowest BCUT2D eigenvalue weighted by Crippen LogP contribution is -2.34. The number of rotatable bonds is 7. The number of thiophene rings is 1. The molecule has 2 nitrogen and oxygen atoms in total. The molecule has 2 rings (SSSR count). The fourth-order valence-corrected chi connectivity index (χ4v) is 4.15. The molecule has 0 bridgehead atoms. The minimum absolute atomic E-state index is 0.513. The average Bonchev–Trinajstić information content (AvgIpc) is 2.72. The average molecular weight is 332 g/mol. The third kappa shape index (κ3) is 3.80. The second kappa shape index (κ2) is 7.04. The van der Waals surface area contributed by atoms with Crippen molar-refractivity contribution in [2.45, 2.75) is 45.3 Å². The maximum Gasteiger partial charge on any atom is 0.0701 e. The van der Waals surface area contributed by atoms with Crippen LogP contribution in [0.1, 0.15) is 44.0 Å². The fraction of sp³-hybridized carbons (Fsp3) is 0.714. The zero-order valence-electron chi connectivity index (χ0n) is 11.1. The molecule has 1 fully saturated rings. The smallest absolute Gasteiger partial charge is 0.0701 e. The summed E-state index contributed by atoms with van der Waals surface area (Å²) in [6.07, 6.45) is 4.24. The Kier molecular flexibility index (Phi) is 5.67. The van der Waals surface area contributed by atoms with Crippen molar-refractivity contribution in [2.24, 2.45) is 5.92 Å². The minimum atomic E-state index is 0.513. The van der Waals surface area contributed by atoms with E-state index in [-0.39, 0.29) is 0 Å². The molecule has 1 aromatic heterocycles.